The van der Waals surface area contributed by atoms with Gasteiger partial charge < -0.3 is 10.4 Å². The van der Waals surface area contributed by atoms with Gasteiger partial charge in [-0.2, -0.15) is 0 Å². The Morgan fingerprint density at radius 1 is 1.38 bits per heavy atom. The average molecular weight is 310 g/mol. The molecule has 2 N–H and O–H groups in total. The van der Waals surface area contributed by atoms with E-state index in [-0.39, 0.29) is 0 Å². The molecule has 4 nitrogen and oxygen atoms in total. The number of aliphatic carboxylic acids is 1. The molecule has 0 amide bonds. The van der Waals surface area contributed by atoms with Gasteiger partial charge in [-0.3, -0.25) is 4.79 Å². The molecular weight excluding hydrogens is 284 g/mol. The van der Waals surface area contributed by atoms with E-state index < -0.39 is 11.5 Å². The van der Waals surface area contributed by atoms with Gasteiger partial charge in [0, 0.05) is 5.69 Å². The summed E-state index contributed by atoms with van der Waals surface area (Å²) in [6.07, 6.45) is 2.54. The second kappa shape index (κ2) is 8.39. The van der Waals surface area contributed by atoms with Crippen molar-refractivity contribution in [2.75, 3.05) is 12.3 Å². The first kappa shape index (κ1) is 18.0. The largest absolute Gasteiger partial charge is 0.480 e. The Balaban J connectivity index is 2.35. The third kappa shape index (κ3) is 6.06. The summed E-state index contributed by atoms with van der Waals surface area (Å²) in [4.78, 5) is 15.8. The normalized spacial score (nSPS) is 13.9. The Hall–Kier alpha value is -1.07. The van der Waals surface area contributed by atoms with E-state index in [1.165, 1.54) is 5.56 Å². The number of carboxylic acids is 1. The molecule has 21 heavy (non-hydrogen) atoms. The van der Waals surface area contributed by atoms with Crippen LogP contribution in [-0.4, -0.2) is 33.9 Å². The molecule has 1 unspecified atom stereocenters. The number of unbranched alkanes of at least 4 members (excludes halogenated alkanes) is 1. The predicted octanol–water partition coefficient (Wildman–Crippen LogP) is 3.41. The molecule has 0 bridgehead atoms. The first-order valence-corrected chi connectivity index (χ1v) is 8.42. The molecule has 0 fully saturated rings. The van der Waals surface area contributed by atoms with Crippen LogP contribution >= 0.6 is 11.8 Å². The zero-order valence-electron chi connectivity index (χ0n) is 13.4. The Kier molecular flexibility index (Phi) is 7.18. The summed E-state index contributed by atoms with van der Waals surface area (Å²) in [6.45, 7) is 8.45. The van der Waals surface area contributed by atoms with Gasteiger partial charge in [0.1, 0.15) is 5.54 Å². The molecule has 0 aliphatic carbocycles. The van der Waals surface area contributed by atoms with Crippen LogP contribution in [0, 0.1) is 13.8 Å². The molecule has 0 aromatic carbocycles. The smallest absolute Gasteiger partial charge is 0.323 e. The lowest BCUT2D eigenvalue weighted by Gasteiger charge is -2.25. The average Bonchev–Trinajstić information content (AvgIpc) is 2.37. The maximum atomic E-state index is 11.3. The maximum Gasteiger partial charge on any atom is 0.323 e. The molecule has 118 valence electrons. The third-order valence-electron chi connectivity index (χ3n) is 3.43. The molecule has 0 saturated carbocycles. The van der Waals surface area contributed by atoms with Gasteiger partial charge in [0.15, 0.2) is 0 Å². The van der Waals surface area contributed by atoms with Crippen molar-refractivity contribution >= 4 is 17.7 Å². The van der Waals surface area contributed by atoms with Crippen molar-refractivity contribution in [1.82, 2.24) is 10.3 Å². The molecule has 5 heteroatoms. The van der Waals surface area contributed by atoms with Crippen LogP contribution in [0.4, 0.5) is 0 Å². The second-order valence-electron chi connectivity index (χ2n) is 5.60. The lowest BCUT2D eigenvalue weighted by Crippen LogP contribution is -2.49. The lowest BCUT2D eigenvalue weighted by molar-refractivity contribution is -0.144. The molecule has 1 aromatic rings. The van der Waals surface area contributed by atoms with Gasteiger partial charge in [0.05, 0.1) is 5.03 Å². The molecule has 0 radical (unpaired) electrons. The highest BCUT2D eigenvalue weighted by molar-refractivity contribution is 7.99. The van der Waals surface area contributed by atoms with Crippen molar-refractivity contribution in [3.05, 3.63) is 23.4 Å². The number of likely N-dealkylation sites (N-methyl/N-ethyl adjacent to an activating group) is 1. The van der Waals surface area contributed by atoms with Gasteiger partial charge in [0.2, 0.25) is 0 Å². The number of rotatable bonds is 9. The third-order valence-corrected chi connectivity index (χ3v) is 4.43. The molecule has 1 rings (SSSR count). The van der Waals surface area contributed by atoms with Crippen molar-refractivity contribution < 1.29 is 9.90 Å². The second-order valence-corrected chi connectivity index (χ2v) is 6.71. The lowest BCUT2D eigenvalue weighted by atomic mass is 9.95. The molecule has 1 atom stereocenters. The Labute approximate surface area is 131 Å². The minimum absolute atomic E-state index is 0.650. The number of aromatic nitrogens is 1. The number of nitrogens with zero attached hydrogens (tertiary/aromatic N) is 1. The van der Waals surface area contributed by atoms with Gasteiger partial charge in [-0.15, -0.1) is 11.8 Å². The van der Waals surface area contributed by atoms with E-state index in [2.05, 4.69) is 29.4 Å². The van der Waals surface area contributed by atoms with Crippen LogP contribution in [0.1, 0.15) is 44.4 Å². The fourth-order valence-electron chi connectivity index (χ4n) is 2.30. The molecule has 0 aliphatic heterocycles. The number of aryl methyl sites for hydroxylation is 2. The van der Waals surface area contributed by atoms with Crippen molar-refractivity contribution in [3.8, 4) is 0 Å². The van der Waals surface area contributed by atoms with Gasteiger partial charge in [-0.05, 0) is 63.6 Å². The van der Waals surface area contributed by atoms with Crippen LogP contribution in [0.2, 0.25) is 0 Å². The Morgan fingerprint density at radius 3 is 2.67 bits per heavy atom. The summed E-state index contributed by atoms with van der Waals surface area (Å²) in [5.41, 5.74) is 1.47. The van der Waals surface area contributed by atoms with Gasteiger partial charge in [-0.25, -0.2) is 4.98 Å². The van der Waals surface area contributed by atoms with Crippen molar-refractivity contribution in [2.24, 2.45) is 0 Å². The van der Waals surface area contributed by atoms with E-state index in [0.717, 1.165) is 29.3 Å². The highest BCUT2D eigenvalue weighted by Gasteiger charge is 2.30. The van der Waals surface area contributed by atoms with Gasteiger partial charge in [0.25, 0.3) is 0 Å². The minimum Gasteiger partial charge on any atom is -0.480 e. The van der Waals surface area contributed by atoms with Crippen molar-refractivity contribution in [3.63, 3.8) is 0 Å². The van der Waals surface area contributed by atoms with E-state index >= 15 is 0 Å². The Bertz CT molecular complexity index is 459. The number of nitrogens with one attached hydrogen (secondary N) is 1. The van der Waals surface area contributed by atoms with Crippen LogP contribution in [0.5, 0.6) is 0 Å². The minimum atomic E-state index is -0.808. The number of carbonyl (C=O) groups is 1. The maximum absolute atomic E-state index is 11.3. The summed E-state index contributed by atoms with van der Waals surface area (Å²) in [6, 6.07) is 4.16. The number of carboxylic acid groups (broad SMARTS) is 1. The molecular formula is C16H26N2O2S. The zero-order valence-corrected chi connectivity index (χ0v) is 14.2. The van der Waals surface area contributed by atoms with E-state index in [0.29, 0.717) is 13.0 Å². The van der Waals surface area contributed by atoms with Crippen molar-refractivity contribution in [1.29, 1.82) is 0 Å². The van der Waals surface area contributed by atoms with Crippen molar-refractivity contribution in [2.45, 2.75) is 57.5 Å². The molecule has 1 heterocycles. The Morgan fingerprint density at radius 2 is 2.10 bits per heavy atom. The van der Waals surface area contributed by atoms with Crippen LogP contribution in [-0.2, 0) is 4.79 Å². The fourth-order valence-corrected chi connectivity index (χ4v) is 3.33. The summed E-state index contributed by atoms with van der Waals surface area (Å²) in [5, 5.41) is 13.4. The van der Waals surface area contributed by atoms with E-state index in [1.807, 2.05) is 13.8 Å². The first-order valence-electron chi connectivity index (χ1n) is 7.44. The van der Waals surface area contributed by atoms with Crippen LogP contribution in [0.15, 0.2) is 17.2 Å². The highest BCUT2D eigenvalue weighted by atomic mass is 32.2. The van der Waals surface area contributed by atoms with E-state index in [1.54, 1.807) is 18.7 Å². The number of pyridine rings is 1. The number of thioether (sulfide) groups is 1. The van der Waals surface area contributed by atoms with Crippen LogP contribution in [0.3, 0.4) is 0 Å². The summed E-state index contributed by atoms with van der Waals surface area (Å²) < 4.78 is 0. The SMILES string of the molecule is CCNC(C)(CCCCSc1cc(C)cc(C)n1)C(=O)O. The summed E-state index contributed by atoms with van der Waals surface area (Å²) >= 11 is 1.74. The highest BCUT2D eigenvalue weighted by Crippen LogP contribution is 2.21. The fraction of sp³-hybridized carbons (Fsp3) is 0.625. The standard InChI is InChI=1S/C16H26N2O2S/c1-5-17-16(4,15(19)20)8-6-7-9-21-14-11-12(2)10-13(3)18-14/h10-11,17H,5-9H2,1-4H3,(H,19,20). The molecule has 0 saturated heterocycles. The van der Waals surface area contributed by atoms with E-state index in [9.17, 15) is 9.90 Å². The zero-order chi connectivity index (χ0) is 15.9. The number of hydrogen-bond acceptors (Lipinski definition) is 4. The quantitative estimate of drug-likeness (QED) is 0.540. The van der Waals surface area contributed by atoms with Crippen LogP contribution in [0.25, 0.3) is 0 Å². The van der Waals surface area contributed by atoms with Gasteiger partial charge in [-0.1, -0.05) is 13.3 Å². The molecule has 0 spiro atoms. The predicted molar refractivity (Wildman–Crippen MR) is 88.0 cm³/mol. The van der Waals surface area contributed by atoms with Crippen LogP contribution < -0.4 is 5.32 Å². The van der Waals surface area contributed by atoms with E-state index in [4.69, 9.17) is 0 Å². The topological polar surface area (TPSA) is 62.2 Å². The monoisotopic (exact) mass is 310 g/mol. The number of hydrogen-bond donors (Lipinski definition) is 2. The summed E-state index contributed by atoms with van der Waals surface area (Å²) in [7, 11) is 0. The molecule has 0 aliphatic rings. The summed E-state index contributed by atoms with van der Waals surface area (Å²) in [5.74, 6) is 0.200. The molecule has 1 aromatic heterocycles. The first-order chi connectivity index (χ1) is 9.87. The van der Waals surface area contributed by atoms with Gasteiger partial charge >= 0.3 is 5.97 Å².